The number of aromatic nitrogens is 1. The normalized spacial score (nSPS) is 10.2. The van der Waals surface area contributed by atoms with E-state index in [1.165, 1.54) is 12.3 Å². The van der Waals surface area contributed by atoms with Gasteiger partial charge in [-0.2, -0.15) is 0 Å². The lowest BCUT2D eigenvalue weighted by Gasteiger charge is -2.08. The fourth-order valence-electron chi connectivity index (χ4n) is 2.05. The fraction of sp³-hybridized carbons (Fsp3) is 0. The maximum atomic E-state index is 13.6. The monoisotopic (exact) mass is 385 g/mol. The largest absolute Gasteiger partial charge is 0.338 e. The Balaban J connectivity index is 1.67. The number of nitrogens with one attached hydrogen (secondary N) is 2. The van der Waals surface area contributed by atoms with Crippen molar-refractivity contribution < 1.29 is 9.18 Å². The second-order valence-electron chi connectivity index (χ2n) is 5.00. The molecule has 1 amide bonds. The molecule has 0 radical (unpaired) electrons. The number of hydrogen-bond donors (Lipinski definition) is 2. The quantitative estimate of drug-likeness (QED) is 0.665. The first kappa shape index (κ1) is 16.1. The topological polar surface area (TPSA) is 54.0 Å². The molecule has 1 heterocycles. The van der Waals surface area contributed by atoms with Crippen molar-refractivity contribution in [3.8, 4) is 0 Å². The Morgan fingerprint density at radius 3 is 2.42 bits per heavy atom. The van der Waals surface area contributed by atoms with E-state index in [0.29, 0.717) is 22.8 Å². The molecule has 0 bridgehead atoms. The molecular formula is C18H13BrFN3O. The smallest absolute Gasteiger partial charge is 0.255 e. The Bertz CT molecular complexity index is 851. The summed E-state index contributed by atoms with van der Waals surface area (Å²) in [5.41, 5.74) is 1.45. The molecular weight excluding hydrogens is 373 g/mol. The van der Waals surface area contributed by atoms with Gasteiger partial charge in [-0.1, -0.05) is 28.1 Å². The number of hydrogen-bond acceptors (Lipinski definition) is 3. The van der Waals surface area contributed by atoms with Gasteiger partial charge in [-0.05, 0) is 48.5 Å². The average molecular weight is 386 g/mol. The maximum Gasteiger partial charge on any atom is 0.255 e. The van der Waals surface area contributed by atoms with Crippen molar-refractivity contribution in [1.82, 2.24) is 4.98 Å². The Hall–Kier alpha value is -2.73. The van der Waals surface area contributed by atoms with Crippen LogP contribution in [0.5, 0.6) is 0 Å². The van der Waals surface area contributed by atoms with Gasteiger partial charge in [0.1, 0.15) is 11.6 Å². The predicted octanol–water partition coefficient (Wildman–Crippen LogP) is 4.98. The Labute approximate surface area is 146 Å². The summed E-state index contributed by atoms with van der Waals surface area (Å²) >= 11 is 3.33. The molecule has 0 aliphatic carbocycles. The van der Waals surface area contributed by atoms with Gasteiger partial charge in [-0.3, -0.25) is 4.79 Å². The zero-order valence-corrected chi connectivity index (χ0v) is 14.0. The van der Waals surface area contributed by atoms with Crippen molar-refractivity contribution >= 4 is 39.0 Å². The summed E-state index contributed by atoms with van der Waals surface area (Å²) in [6.45, 7) is 0. The number of halogens is 2. The molecule has 0 spiro atoms. The minimum absolute atomic E-state index is 0.223. The Morgan fingerprint density at radius 1 is 1.00 bits per heavy atom. The van der Waals surface area contributed by atoms with Crippen LogP contribution < -0.4 is 10.6 Å². The van der Waals surface area contributed by atoms with Crippen LogP contribution in [0.1, 0.15) is 10.4 Å². The van der Waals surface area contributed by atoms with Gasteiger partial charge in [0, 0.05) is 10.0 Å². The van der Waals surface area contributed by atoms with Crippen molar-refractivity contribution in [1.29, 1.82) is 0 Å². The van der Waals surface area contributed by atoms with Crippen LogP contribution in [0.3, 0.4) is 0 Å². The molecule has 24 heavy (non-hydrogen) atoms. The molecule has 0 unspecified atom stereocenters. The van der Waals surface area contributed by atoms with E-state index in [9.17, 15) is 9.18 Å². The highest BCUT2D eigenvalue weighted by atomic mass is 79.9. The van der Waals surface area contributed by atoms with Gasteiger partial charge in [-0.15, -0.1) is 0 Å². The van der Waals surface area contributed by atoms with Gasteiger partial charge in [0.05, 0.1) is 17.6 Å². The minimum atomic E-state index is -0.355. The number of carbonyl (C=O) groups excluding carboxylic acids is 1. The molecule has 1 aromatic heterocycles. The first-order valence-electron chi connectivity index (χ1n) is 7.16. The highest BCUT2D eigenvalue weighted by Gasteiger charge is 2.07. The summed E-state index contributed by atoms with van der Waals surface area (Å²) < 4.78 is 14.5. The van der Waals surface area contributed by atoms with Crippen LogP contribution in [-0.2, 0) is 0 Å². The molecule has 0 aliphatic rings. The summed E-state index contributed by atoms with van der Waals surface area (Å²) in [5, 5.41) is 5.65. The van der Waals surface area contributed by atoms with E-state index in [0.717, 1.165) is 4.47 Å². The average Bonchev–Trinajstić information content (AvgIpc) is 2.59. The number of anilines is 3. The number of carbonyl (C=O) groups is 1. The Morgan fingerprint density at radius 2 is 1.75 bits per heavy atom. The molecule has 3 aromatic rings. The van der Waals surface area contributed by atoms with Crippen LogP contribution in [0.2, 0.25) is 0 Å². The molecule has 0 saturated carbocycles. The summed E-state index contributed by atoms with van der Waals surface area (Å²) in [7, 11) is 0. The van der Waals surface area contributed by atoms with Crippen LogP contribution in [0.15, 0.2) is 71.3 Å². The van der Waals surface area contributed by atoms with E-state index in [1.807, 2.05) is 0 Å². The summed E-state index contributed by atoms with van der Waals surface area (Å²) in [5.74, 6) is -0.0900. The molecule has 2 N–H and O–H groups in total. The van der Waals surface area contributed by atoms with Crippen LogP contribution >= 0.6 is 15.9 Å². The van der Waals surface area contributed by atoms with Crippen molar-refractivity contribution in [2.75, 3.05) is 10.6 Å². The van der Waals surface area contributed by atoms with Gasteiger partial charge in [0.15, 0.2) is 0 Å². The standard InChI is InChI=1S/C18H13BrFN3O/c19-13-7-5-12(6-8-13)18(24)22-14-9-10-17(21-11-14)23-16-4-2-1-3-15(16)20/h1-11H,(H,21,23)(H,22,24). The van der Waals surface area contributed by atoms with Gasteiger partial charge in [-0.25, -0.2) is 9.37 Å². The van der Waals surface area contributed by atoms with Crippen LogP contribution in [0.25, 0.3) is 0 Å². The minimum Gasteiger partial charge on any atom is -0.338 e. The molecule has 0 fully saturated rings. The van der Waals surface area contributed by atoms with E-state index in [1.54, 1.807) is 54.6 Å². The third-order valence-corrected chi connectivity index (χ3v) is 3.79. The molecule has 0 atom stereocenters. The van der Waals surface area contributed by atoms with Crippen LogP contribution in [0, 0.1) is 5.82 Å². The number of nitrogens with zero attached hydrogens (tertiary/aromatic N) is 1. The van der Waals surface area contributed by atoms with Crippen LogP contribution in [-0.4, -0.2) is 10.9 Å². The second-order valence-corrected chi connectivity index (χ2v) is 5.91. The van der Waals surface area contributed by atoms with Crippen molar-refractivity contribution in [3.05, 3.63) is 82.7 Å². The molecule has 3 rings (SSSR count). The van der Waals surface area contributed by atoms with Crippen LogP contribution in [0.4, 0.5) is 21.6 Å². The first-order valence-corrected chi connectivity index (χ1v) is 7.95. The lowest BCUT2D eigenvalue weighted by Crippen LogP contribution is -2.11. The zero-order chi connectivity index (χ0) is 16.9. The first-order chi connectivity index (χ1) is 11.6. The van der Waals surface area contributed by atoms with E-state index in [4.69, 9.17) is 0 Å². The van der Waals surface area contributed by atoms with Gasteiger partial charge >= 0.3 is 0 Å². The van der Waals surface area contributed by atoms with E-state index in [-0.39, 0.29) is 11.7 Å². The molecule has 4 nitrogen and oxygen atoms in total. The fourth-order valence-corrected chi connectivity index (χ4v) is 2.31. The SMILES string of the molecule is O=C(Nc1ccc(Nc2ccccc2F)nc1)c1ccc(Br)cc1. The molecule has 0 saturated heterocycles. The highest BCUT2D eigenvalue weighted by molar-refractivity contribution is 9.10. The second kappa shape index (κ2) is 7.23. The van der Waals surface area contributed by atoms with Gasteiger partial charge in [0.25, 0.3) is 5.91 Å². The van der Waals surface area contributed by atoms with Gasteiger partial charge in [0.2, 0.25) is 0 Å². The van der Waals surface area contributed by atoms with Crippen molar-refractivity contribution in [3.63, 3.8) is 0 Å². The molecule has 6 heteroatoms. The predicted molar refractivity (Wildman–Crippen MR) is 96.0 cm³/mol. The lowest BCUT2D eigenvalue weighted by atomic mass is 10.2. The number of pyridine rings is 1. The van der Waals surface area contributed by atoms with E-state index < -0.39 is 0 Å². The molecule has 2 aromatic carbocycles. The number of para-hydroxylation sites is 1. The zero-order valence-electron chi connectivity index (χ0n) is 12.5. The summed E-state index contributed by atoms with van der Waals surface area (Å²) in [6, 6.07) is 16.8. The lowest BCUT2D eigenvalue weighted by molar-refractivity contribution is 0.102. The van der Waals surface area contributed by atoms with Crippen molar-refractivity contribution in [2.45, 2.75) is 0 Å². The summed E-state index contributed by atoms with van der Waals surface area (Å²) in [4.78, 5) is 16.3. The number of rotatable bonds is 4. The van der Waals surface area contributed by atoms with E-state index in [2.05, 4.69) is 31.5 Å². The number of benzene rings is 2. The van der Waals surface area contributed by atoms with Crippen molar-refractivity contribution in [2.24, 2.45) is 0 Å². The Kier molecular flexibility index (Phi) is 4.86. The molecule has 120 valence electrons. The number of amides is 1. The van der Waals surface area contributed by atoms with Gasteiger partial charge < -0.3 is 10.6 Å². The maximum absolute atomic E-state index is 13.6. The highest BCUT2D eigenvalue weighted by Crippen LogP contribution is 2.19. The summed E-state index contributed by atoms with van der Waals surface area (Å²) in [6.07, 6.45) is 1.51. The molecule has 0 aliphatic heterocycles. The third kappa shape index (κ3) is 3.97. The third-order valence-electron chi connectivity index (χ3n) is 3.26. The van der Waals surface area contributed by atoms with E-state index >= 15 is 0 Å².